The van der Waals surface area contributed by atoms with Gasteiger partial charge in [-0.3, -0.25) is 29.1 Å². The number of pyridine rings is 2. The molecule has 0 bridgehead atoms. The van der Waals surface area contributed by atoms with Crippen LogP contribution in [0.4, 0.5) is 5.69 Å². The molecule has 2 aliphatic heterocycles. The quantitative estimate of drug-likeness (QED) is 0.139. The highest BCUT2D eigenvalue weighted by Crippen LogP contribution is 2.29. The lowest BCUT2D eigenvalue weighted by Gasteiger charge is -2.29. The Morgan fingerprint density at radius 2 is 1.02 bits per heavy atom. The minimum Gasteiger partial charge on any atom is -0.399 e. The van der Waals surface area contributed by atoms with Gasteiger partial charge in [0, 0.05) is 95.7 Å². The number of halogens is 2. The molecule has 62 heavy (non-hydrogen) atoms. The topological polar surface area (TPSA) is 161 Å². The third-order valence-corrected chi connectivity index (χ3v) is 12.1. The number of benzene rings is 4. The summed E-state index contributed by atoms with van der Waals surface area (Å²) in [6, 6.07) is 34.3. The van der Waals surface area contributed by atoms with Crippen molar-refractivity contribution in [2.45, 2.75) is 56.6 Å². The Hall–Kier alpha value is -6.21. The van der Waals surface area contributed by atoms with E-state index in [0.717, 1.165) is 22.5 Å². The van der Waals surface area contributed by atoms with Crippen LogP contribution in [0.2, 0.25) is 10.0 Å². The Morgan fingerprint density at radius 3 is 1.42 bits per heavy atom. The van der Waals surface area contributed by atoms with Crippen molar-refractivity contribution in [3.63, 3.8) is 0 Å². The van der Waals surface area contributed by atoms with E-state index in [4.69, 9.17) is 28.9 Å². The summed E-state index contributed by atoms with van der Waals surface area (Å²) >= 11 is 12.2. The van der Waals surface area contributed by atoms with Gasteiger partial charge in [-0.25, -0.2) is 8.42 Å². The maximum absolute atomic E-state index is 13.6. The molecule has 4 aromatic carbocycles. The number of nitrogens with two attached hydrogens (primary N) is 1. The molecule has 4 heterocycles. The lowest BCUT2D eigenvalue weighted by molar-refractivity contribution is -0.123. The van der Waals surface area contributed by atoms with Crippen molar-refractivity contribution in [3.8, 4) is 0 Å². The van der Waals surface area contributed by atoms with Gasteiger partial charge in [-0.2, -0.15) is 0 Å². The van der Waals surface area contributed by atoms with Crippen LogP contribution in [0.5, 0.6) is 0 Å². The smallest absolute Gasteiger partial charge is 0.255 e. The lowest BCUT2D eigenvalue weighted by Crippen LogP contribution is -2.44. The number of aromatic nitrogens is 2. The first kappa shape index (κ1) is 43.9. The summed E-state index contributed by atoms with van der Waals surface area (Å²) in [5.74, 6) is -0.580. The fourth-order valence-electron chi connectivity index (χ4n) is 7.69. The van der Waals surface area contributed by atoms with Crippen LogP contribution in [0.1, 0.15) is 59.9 Å². The molecule has 2 aromatic heterocycles. The monoisotopic (exact) mass is 887 g/mol. The predicted molar refractivity (Wildman–Crippen MR) is 239 cm³/mol. The molecule has 6 aromatic rings. The number of nitrogen functional groups attached to an aromatic ring is 1. The van der Waals surface area contributed by atoms with Gasteiger partial charge >= 0.3 is 0 Å². The molecule has 0 aliphatic carbocycles. The van der Waals surface area contributed by atoms with Crippen LogP contribution in [-0.4, -0.2) is 69.9 Å². The van der Waals surface area contributed by atoms with E-state index in [1.54, 1.807) is 101 Å². The highest BCUT2D eigenvalue weighted by Gasteiger charge is 2.37. The molecule has 316 valence electrons. The first-order valence-corrected chi connectivity index (χ1v) is 22.7. The van der Waals surface area contributed by atoms with E-state index in [9.17, 15) is 27.6 Å². The highest BCUT2D eigenvalue weighted by molar-refractivity contribution is 7.89. The normalized spacial score (nSPS) is 16.4. The summed E-state index contributed by atoms with van der Waals surface area (Å²) in [7, 11) is -3.15. The second-order valence-corrected chi connectivity index (χ2v) is 18.5. The van der Waals surface area contributed by atoms with Crippen molar-refractivity contribution in [1.82, 2.24) is 19.8 Å². The fraction of sp³-hybridized carbons (Fsp3) is 0.208. The minimum absolute atomic E-state index is 0.0273. The van der Waals surface area contributed by atoms with Crippen LogP contribution in [0.15, 0.2) is 134 Å². The number of sulfone groups is 1. The zero-order chi connectivity index (χ0) is 44.0. The average molecular weight is 889 g/mol. The van der Waals surface area contributed by atoms with Crippen molar-refractivity contribution in [3.05, 3.63) is 194 Å². The number of Topliss-reactive ketones (excluding diaryl/α,β-unsaturated/α-hetero) is 2. The number of nitrogens with zero attached hydrogens (tertiary/aromatic N) is 4. The Morgan fingerprint density at radius 1 is 0.597 bits per heavy atom. The Kier molecular flexibility index (Phi) is 13.6. The van der Waals surface area contributed by atoms with Crippen LogP contribution in [0, 0.1) is 0 Å². The zero-order valence-corrected chi connectivity index (χ0v) is 36.1. The van der Waals surface area contributed by atoms with Crippen molar-refractivity contribution in [1.29, 1.82) is 0 Å². The first-order valence-electron chi connectivity index (χ1n) is 19.8. The molecular formula is C48H43Cl2N5O6S. The molecular weight excluding hydrogens is 846 g/mol. The third kappa shape index (κ3) is 11.0. The van der Waals surface area contributed by atoms with Crippen molar-refractivity contribution >= 4 is 62.1 Å². The number of carbonyl (C=O) groups is 4. The average Bonchev–Trinajstić information content (AvgIpc) is 3.39. The van der Waals surface area contributed by atoms with E-state index < -0.39 is 21.9 Å². The van der Waals surface area contributed by atoms with Crippen molar-refractivity contribution in [2.75, 3.05) is 12.0 Å². The van der Waals surface area contributed by atoms with Gasteiger partial charge in [-0.15, -0.1) is 0 Å². The number of hydrogen-bond acceptors (Lipinski definition) is 9. The number of ketones is 2. The second kappa shape index (κ2) is 19.2. The maximum atomic E-state index is 13.6. The molecule has 0 saturated heterocycles. The molecule has 0 fully saturated rings. The summed E-state index contributed by atoms with van der Waals surface area (Å²) in [5.41, 5.74) is 12.6. The van der Waals surface area contributed by atoms with Gasteiger partial charge in [-0.1, -0.05) is 71.7 Å². The van der Waals surface area contributed by atoms with Crippen LogP contribution >= 0.6 is 23.2 Å². The summed E-state index contributed by atoms with van der Waals surface area (Å²) in [5, 5.41) is 0.989. The Labute approximate surface area is 370 Å². The predicted octanol–water partition coefficient (Wildman–Crippen LogP) is 7.35. The Balaban J connectivity index is 0.000000188. The number of amides is 2. The number of rotatable bonds is 10. The van der Waals surface area contributed by atoms with Gasteiger partial charge in [0.25, 0.3) is 11.8 Å². The fourth-order valence-corrected chi connectivity index (χ4v) is 8.88. The summed E-state index contributed by atoms with van der Waals surface area (Å²) in [4.78, 5) is 65.5. The van der Waals surface area contributed by atoms with E-state index in [-0.39, 0.29) is 48.5 Å². The molecule has 2 aliphatic rings. The number of anilines is 1. The Bertz CT molecular complexity index is 2720. The second-order valence-electron chi connectivity index (χ2n) is 15.5. The summed E-state index contributed by atoms with van der Waals surface area (Å²) in [6.07, 6.45) is 5.49. The molecule has 2 amide bonds. The van der Waals surface area contributed by atoms with Crippen LogP contribution in [0.25, 0.3) is 0 Å². The van der Waals surface area contributed by atoms with Crippen molar-refractivity contribution < 1.29 is 27.6 Å². The highest BCUT2D eigenvalue weighted by atomic mass is 35.5. The summed E-state index contributed by atoms with van der Waals surface area (Å²) in [6.45, 7) is 0.522. The molecule has 14 heteroatoms. The molecule has 0 unspecified atom stereocenters. The maximum Gasteiger partial charge on any atom is 0.255 e. The van der Waals surface area contributed by atoms with Gasteiger partial charge in [0.05, 0.1) is 17.8 Å². The van der Waals surface area contributed by atoms with E-state index >= 15 is 0 Å². The van der Waals surface area contributed by atoms with Gasteiger partial charge < -0.3 is 15.5 Å². The van der Waals surface area contributed by atoms with Gasteiger partial charge in [0.1, 0.15) is 0 Å². The molecule has 2 N–H and O–H groups in total. The van der Waals surface area contributed by atoms with E-state index in [1.807, 2.05) is 42.5 Å². The molecule has 0 spiro atoms. The number of carbonyl (C=O) groups excluding carboxylic acids is 4. The third-order valence-electron chi connectivity index (χ3n) is 10.7. The molecule has 0 radical (unpaired) electrons. The SMILES string of the molecule is CS(=O)(=O)Cc1ccc(CN2C(=O)c3ccc(Cl)cc3CC(=O)[C@H]2Cc2ccccn2)cc1.Nc1ccc(CN2C(=O)c3ccc(Cl)cc3CC(=O)[C@H]2Cc2ccccn2)cc1. The van der Waals surface area contributed by atoms with Crippen LogP contribution in [-0.2, 0) is 64.0 Å². The number of hydrogen-bond donors (Lipinski definition) is 1. The van der Waals surface area contributed by atoms with E-state index in [1.165, 1.54) is 6.26 Å². The largest absolute Gasteiger partial charge is 0.399 e. The molecule has 8 rings (SSSR count). The molecule has 0 saturated carbocycles. The van der Waals surface area contributed by atoms with Crippen molar-refractivity contribution in [2.24, 2.45) is 0 Å². The first-order chi connectivity index (χ1) is 29.7. The minimum atomic E-state index is -3.15. The zero-order valence-electron chi connectivity index (χ0n) is 33.8. The van der Waals surface area contributed by atoms with Crippen LogP contribution in [0.3, 0.4) is 0 Å². The van der Waals surface area contributed by atoms with E-state index in [2.05, 4.69) is 9.97 Å². The van der Waals surface area contributed by atoms with Crippen LogP contribution < -0.4 is 5.73 Å². The lowest BCUT2D eigenvalue weighted by atomic mass is 9.99. The van der Waals surface area contributed by atoms with Gasteiger partial charge in [0.2, 0.25) is 0 Å². The van der Waals surface area contributed by atoms with Gasteiger partial charge in [0.15, 0.2) is 21.4 Å². The summed E-state index contributed by atoms with van der Waals surface area (Å²) < 4.78 is 23.1. The molecule has 11 nitrogen and oxygen atoms in total. The van der Waals surface area contributed by atoms with Gasteiger partial charge in [-0.05, 0) is 101 Å². The van der Waals surface area contributed by atoms with E-state index in [0.29, 0.717) is 62.9 Å². The number of fused-ring (bicyclic) bond motifs is 2. The molecule has 2 atom stereocenters. The standard InChI is InChI=1S/C25H23ClN2O4S.C23H20ClN3O2/c1-33(31,32)16-18-7-5-17(6-8-18)15-28-23(14-21-4-2-3-11-27-21)24(29)13-19-12-20(26)9-10-22(19)25(28)30;24-17-6-9-20-16(11-17)12-22(28)21(13-19-3-1-2-10-26-19)27(23(20)29)14-15-4-7-18(25)8-5-15/h2-12,23H,13-16H2,1H3;1-11,21H,12-14,25H2/t23-;21-/m11/s1.